The fourth-order valence-corrected chi connectivity index (χ4v) is 4.56. The number of rotatable bonds is 7. The molecule has 0 amide bonds. The van der Waals surface area contributed by atoms with Crippen molar-refractivity contribution in [2.75, 3.05) is 18.5 Å². The summed E-state index contributed by atoms with van der Waals surface area (Å²) < 4.78 is 26.2. The van der Waals surface area contributed by atoms with Crippen molar-refractivity contribution in [2.24, 2.45) is 0 Å². The molecule has 1 aliphatic heterocycles. The van der Waals surface area contributed by atoms with Gasteiger partial charge in [-0.15, -0.1) is 0 Å². The van der Waals surface area contributed by atoms with Crippen molar-refractivity contribution in [3.05, 3.63) is 82.4 Å². The van der Waals surface area contributed by atoms with Gasteiger partial charge in [-0.05, 0) is 31.0 Å². The van der Waals surface area contributed by atoms with Crippen molar-refractivity contribution < 1.29 is 23.8 Å². The van der Waals surface area contributed by atoms with Gasteiger partial charge < -0.3 is 24.9 Å². The minimum atomic E-state index is -0.747. The van der Waals surface area contributed by atoms with Gasteiger partial charge in [0.2, 0.25) is 0 Å². The molecule has 0 aliphatic carbocycles. The Balaban J connectivity index is 1.50. The summed E-state index contributed by atoms with van der Waals surface area (Å²) in [5, 5.41) is 22.8. The second-order valence-electron chi connectivity index (χ2n) is 8.65. The molecule has 8 nitrogen and oxygen atoms in total. The summed E-state index contributed by atoms with van der Waals surface area (Å²) in [6.07, 6.45) is 4.01. The number of ether oxygens (including phenoxy) is 2. The zero-order valence-electron chi connectivity index (χ0n) is 19.5. The Hall–Kier alpha value is -3.97. The molecular formula is C27H22ClFN4O4. The number of aromatic amines is 1. The number of nitrogens with one attached hydrogen (secondary N) is 2. The highest BCUT2D eigenvalue weighted by molar-refractivity contribution is 6.36. The van der Waals surface area contributed by atoms with Crippen LogP contribution in [-0.2, 0) is 4.74 Å². The third-order valence-electron chi connectivity index (χ3n) is 6.23. The molecule has 2 aromatic carbocycles. The molecule has 37 heavy (non-hydrogen) atoms. The van der Waals surface area contributed by atoms with Gasteiger partial charge in [0.1, 0.15) is 17.5 Å². The molecule has 5 rings (SSSR count). The van der Waals surface area contributed by atoms with Gasteiger partial charge >= 0.3 is 0 Å². The number of carbonyl (C=O) groups excluding carboxylic acids is 1. The van der Waals surface area contributed by atoms with E-state index < -0.39 is 11.6 Å². The van der Waals surface area contributed by atoms with Gasteiger partial charge in [-0.3, -0.25) is 4.79 Å². The molecule has 0 bridgehead atoms. The van der Waals surface area contributed by atoms with E-state index in [1.807, 2.05) is 6.07 Å². The monoisotopic (exact) mass is 520 g/mol. The molecule has 0 radical (unpaired) electrons. The number of aromatic nitrogens is 2. The number of hydrogen-bond acceptors (Lipinski definition) is 7. The Morgan fingerprint density at radius 3 is 2.81 bits per heavy atom. The van der Waals surface area contributed by atoms with Crippen LogP contribution in [0.5, 0.6) is 11.5 Å². The van der Waals surface area contributed by atoms with E-state index in [2.05, 4.69) is 21.4 Å². The van der Waals surface area contributed by atoms with Crippen LogP contribution in [0.3, 0.4) is 0 Å². The maximum atomic E-state index is 15.0. The van der Waals surface area contributed by atoms with E-state index in [0.717, 1.165) is 6.07 Å². The van der Waals surface area contributed by atoms with Gasteiger partial charge in [-0.1, -0.05) is 29.8 Å². The van der Waals surface area contributed by atoms with Gasteiger partial charge in [0.15, 0.2) is 17.3 Å². The lowest BCUT2D eigenvalue weighted by atomic mass is 9.99. The lowest BCUT2D eigenvalue weighted by Gasteiger charge is -2.29. The number of fused-ring (bicyclic) bond motifs is 1. The minimum absolute atomic E-state index is 0.0151. The first-order valence-corrected chi connectivity index (χ1v) is 12.0. The van der Waals surface area contributed by atoms with E-state index in [1.165, 1.54) is 18.5 Å². The van der Waals surface area contributed by atoms with Gasteiger partial charge in [0.05, 0.1) is 46.5 Å². The number of H-pyrrole nitrogens is 1. The summed E-state index contributed by atoms with van der Waals surface area (Å²) in [6, 6.07) is 12.9. The van der Waals surface area contributed by atoms with Crippen LogP contribution in [0, 0.1) is 17.1 Å². The number of pyridine rings is 1. The topological polar surface area (TPSA) is 120 Å². The molecule has 3 N–H and O–H groups in total. The number of anilines is 1. The fraction of sp³-hybridized carbons (Fsp3) is 0.222. The molecule has 0 saturated carbocycles. The quantitative estimate of drug-likeness (QED) is 0.286. The number of aliphatic hydroxyl groups is 1. The number of halogens is 2. The molecule has 2 aromatic heterocycles. The average Bonchev–Trinajstić information content (AvgIpc) is 3.36. The Bertz CT molecular complexity index is 1490. The van der Waals surface area contributed by atoms with E-state index in [-0.39, 0.29) is 46.2 Å². The maximum Gasteiger partial charge on any atom is 0.196 e. The predicted molar refractivity (Wildman–Crippen MR) is 136 cm³/mol. The normalized spacial score (nSPS) is 17.4. The predicted octanol–water partition coefficient (Wildman–Crippen LogP) is 5.20. The summed E-state index contributed by atoms with van der Waals surface area (Å²) in [6.45, 7) is 0.270. The van der Waals surface area contributed by atoms with E-state index in [1.54, 1.807) is 24.3 Å². The SMILES string of the molecule is N#Cc1cnc2[nH]cc(C(=O)c3cc(F)c(Oc4ccccc4)cc3Cl)c2c1N[C@@H]1CC[C@@H](CO)OC1. The highest BCUT2D eigenvalue weighted by Gasteiger charge is 2.26. The summed E-state index contributed by atoms with van der Waals surface area (Å²) >= 11 is 6.41. The number of nitriles is 1. The molecular weight excluding hydrogens is 499 g/mol. The Kier molecular flexibility index (Phi) is 7.06. The zero-order valence-corrected chi connectivity index (χ0v) is 20.3. The molecule has 3 heterocycles. The molecule has 4 aromatic rings. The number of hydrogen-bond donors (Lipinski definition) is 3. The summed E-state index contributed by atoms with van der Waals surface area (Å²) in [4.78, 5) is 20.8. The number of ketones is 1. The van der Waals surface area contributed by atoms with E-state index >= 15 is 0 Å². The second-order valence-corrected chi connectivity index (χ2v) is 9.06. The first-order chi connectivity index (χ1) is 18.0. The third-order valence-corrected chi connectivity index (χ3v) is 6.54. The maximum absolute atomic E-state index is 15.0. The number of nitrogens with zero attached hydrogens (tertiary/aromatic N) is 2. The van der Waals surface area contributed by atoms with Gasteiger partial charge in [0, 0.05) is 30.1 Å². The van der Waals surface area contributed by atoms with Crippen LogP contribution in [0.2, 0.25) is 5.02 Å². The van der Waals surface area contributed by atoms with Crippen LogP contribution in [-0.4, -0.2) is 46.2 Å². The molecule has 188 valence electrons. The Labute approximate surface area is 216 Å². The van der Waals surface area contributed by atoms with Crippen molar-refractivity contribution in [3.63, 3.8) is 0 Å². The van der Waals surface area contributed by atoms with E-state index in [0.29, 0.717) is 41.9 Å². The standard InChI is InChI=1S/C27H22ClFN4O4/c28-21-9-23(37-17-4-2-1-3-5-17)22(29)8-19(21)26(35)20-12-32-27-24(20)25(15(10-30)11-31-27)33-16-6-7-18(13-34)36-14-16/h1-5,8-9,11-12,16,18,34H,6-7,13-14H2,(H2,31,32,33)/t16-,18+/m1/s1. The smallest absolute Gasteiger partial charge is 0.196 e. The highest BCUT2D eigenvalue weighted by atomic mass is 35.5. The van der Waals surface area contributed by atoms with Gasteiger partial charge in [-0.2, -0.15) is 5.26 Å². The zero-order chi connectivity index (χ0) is 25.9. The molecule has 0 unspecified atom stereocenters. The first kappa shape index (κ1) is 24.7. The average molecular weight is 521 g/mol. The fourth-order valence-electron chi connectivity index (χ4n) is 4.32. The molecule has 2 atom stereocenters. The van der Waals surface area contributed by atoms with Crippen molar-refractivity contribution in [2.45, 2.75) is 25.0 Å². The van der Waals surface area contributed by atoms with Crippen LogP contribution in [0.4, 0.5) is 10.1 Å². The van der Waals surface area contributed by atoms with Crippen molar-refractivity contribution in [1.29, 1.82) is 5.26 Å². The Morgan fingerprint density at radius 1 is 1.30 bits per heavy atom. The number of benzene rings is 2. The van der Waals surface area contributed by atoms with Crippen LogP contribution < -0.4 is 10.1 Å². The summed E-state index contributed by atoms with van der Waals surface area (Å²) in [5.74, 6) is -0.970. The van der Waals surface area contributed by atoms with Crippen LogP contribution >= 0.6 is 11.6 Å². The molecule has 1 fully saturated rings. The molecule has 1 aliphatic rings. The Morgan fingerprint density at radius 2 is 2.11 bits per heavy atom. The minimum Gasteiger partial charge on any atom is -0.454 e. The van der Waals surface area contributed by atoms with E-state index in [9.17, 15) is 19.6 Å². The molecule has 10 heteroatoms. The second kappa shape index (κ2) is 10.6. The van der Waals surface area contributed by atoms with Gasteiger partial charge in [0.25, 0.3) is 0 Å². The largest absolute Gasteiger partial charge is 0.454 e. The molecule has 0 spiro atoms. The lowest BCUT2D eigenvalue weighted by Crippen LogP contribution is -2.36. The van der Waals surface area contributed by atoms with Crippen LogP contribution in [0.25, 0.3) is 11.0 Å². The lowest BCUT2D eigenvalue weighted by molar-refractivity contribution is -0.0223. The number of carbonyl (C=O) groups is 1. The van der Waals surface area contributed by atoms with Crippen molar-refractivity contribution in [1.82, 2.24) is 9.97 Å². The third kappa shape index (κ3) is 5.00. The molecule has 1 saturated heterocycles. The van der Waals surface area contributed by atoms with Crippen LogP contribution in [0.15, 0.2) is 54.9 Å². The number of para-hydroxylation sites is 1. The van der Waals surface area contributed by atoms with Gasteiger partial charge in [-0.25, -0.2) is 9.37 Å². The van der Waals surface area contributed by atoms with Crippen molar-refractivity contribution in [3.8, 4) is 17.6 Å². The summed E-state index contributed by atoms with van der Waals surface area (Å²) in [7, 11) is 0. The van der Waals surface area contributed by atoms with Crippen LogP contribution in [0.1, 0.15) is 34.3 Å². The van der Waals surface area contributed by atoms with E-state index in [4.69, 9.17) is 21.1 Å². The summed E-state index contributed by atoms with van der Waals surface area (Å²) in [5.41, 5.74) is 1.18. The number of aliphatic hydroxyl groups excluding tert-OH is 1. The van der Waals surface area contributed by atoms with Crippen molar-refractivity contribution >= 4 is 34.1 Å². The first-order valence-electron chi connectivity index (χ1n) is 11.6. The highest BCUT2D eigenvalue weighted by Crippen LogP contribution is 2.35.